The molecule has 35 heavy (non-hydrogen) atoms. The lowest BCUT2D eigenvalue weighted by atomic mass is 10.0. The first kappa shape index (κ1) is 36.5. The number of nitrogens with one attached hydrogen (secondary N) is 2. The van der Waals surface area contributed by atoms with Gasteiger partial charge in [0.1, 0.15) is 6.29 Å². The second kappa shape index (κ2) is 19.4. The van der Waals surface area contributed by atoms with Crippen molar-refractivity contribution < 1.29 is 19.1 Å². The van der Waals surface area contributed by atoms with Crippen molar-refractivity contribution in [3.8, 4) is 0 Å². The molecule has 0 aliphatic heterocycles. The molecule has 2 unspecified atom stereocenters. The largest absolute Gasteiger partial charge is 0.378 e. The predicted octanol–water partition coefficient (Wildman–Crippen LogP) is 4.56. The van der Waals surface area contributed by atoms with E-state index in [-0.39, 0.29) is 34.6 Å². The van der Waals surface area contributed by atoms with E-state index in [1.54, 1.807) is 11.8 Å². The van der Waals surface area contributed by atoms with Crippen molar-refractivity contribution >= 4 is 24.0 Å². The fourth-order valence-electron chi connectivity index (χ4n) is 2.78. The number of hydrogen-bond donors (Lipinski definition) is 3. The van der Waals surface area contributed by atoms with Crippen LogP contribution >= 0.6 is 11.8 Å². The number of thioether (sulfide) groups is 1. The number of aldehydes is 1. The number of carbonyl (C=O) groups excluding carboxylic acids is 2. The summed E-state index contributed by atoms with van der Waals surface area (Å²) >= 11 is 1.70. The molecule has 0 saturated carbocycles. The van der Waals surface area contributed by atoms with Gasteiger partial charge in [0, 0.05) is 30.7 Å². The van der Waals surface area contributed by atoms with Gasteiger partial charge >= 0.3 is 0 Å². The van der Waals surface area contributed by atoms with E-state index in [0.717, 1.165) is 44.3 Å². The summed E-state index contributed by atoms with van der Waals surface area (Å²) in [5.41, 5.74) is 5.66. The average Bonchev–Trinajstić information content (AvgIpc) is 2.68. The highest BCUT2D eigenvalue weighted by atomic mass is 32.2. The smallest absolute Gasteiger partial charge is 0.230 e. The van der Waals surface area contributed by atoms with E-state index in [1.165, 1.54) is 0 Å². The number of nitrogens with two attached hydrogens (primary N) is 1. The first-order chi connectivity index (χ1) is 16.0. The maximum Gasteiger partial charge on any atom is 0.230 e. The van der Waals surface area contributed by atoms with Crippen LogP contribution in [0.5, 0.6) is 0 Å². The summed E-state index contributed by atoms with van der Waals surface area (Å²) in [6.45, 7) is 21.0. The van der Waals surface area contributed by atoms with E-state index in [2.05, 4.69) is 52.2 Å². The zero-order chi connectivity index (χ0) is 27.5. The standard InChI is InChI=1S/C17H36N2O2S.C10H21NO2/c1-14(8-10-18-7)21-11-9-17(5,6)19-15(20)12-22-13-16(2,3)4;1-9(5-4-7-12)13-8-6-10(2,3)11/h14,18H,8-13H2,1-7H3,(H,19,20);7,9H,4-6,8,11H2,1-3H3. The van der Waals surface area contributed by atoms with E-state index in [1.807, 2.05) is 27.8 Å². The van der Waals surface area contributed by atoms with Crippen LogP contribution in [0.1, 0.15) is 94.4 Å². The van der Waals surface area contributed by atoms with Gasteiger partial charge in [-0.05, 0) is 92.0 Å². The Hall–Kier alpha value is -0.670. The zero-order valence-electron chi connectivity index (χ0n) is 24.4. The van der Waals surface area contributed by atoms with Crippen molar-refractivity contribution in [1.82, 2.24) is 10.6 Å². The van der Waals surface area contributed by atoms with Crippen LogP contribution in [-0.2, 0) is 19.1 Å². The lowest BCUT2D eigenvalue weighted by molar-refractivity contribution is -0.120. The summed E-state index contributed by atoms with van der Waals surface area (Å²) in [5, 5.41) is 6.23. The first-order valence-electron chi connectivity index (χ1n) is 13.0. The lowest BCUT2D eigenvalue weighted by Gasteiger charge is -2.27. The molecule has 8 heteroatoms. The third-order valence-electron chi connectivity index (χ3n) is 5.02. The summed E-state index contributed by atoms with van der Waals surface area (Å²) in [4.78, 5) is 22.1. The Morgan fingerprint density at radius 2 is 1.51 bits per heavy atom. The van der Waals surface area contributed by atoms with Crippen molar-refractivity contribution in [1.29, 1.82) is 0 Å². The van der Waals surface area contributed by atoms with Crippen molar-refractivity contribution in [2.45, 2.75) is 118 Å². The van der Waals surface area contributed by atoms with Gasteiger partial charge in [0.25, 0.3) is 0 Å². The Morgan fingerprint density at radius 1 is 0.971 bits per heavy atom. The molecule has 0 aromatic heterocycles. The van der Waals surface area contributed by atoms with Gasteiger partial charge in [-0.2, -0.15) is 11.8 Å². The van der Waals surface area contributed by atoms with Crippen LogP contribution < -0.4 is 16.4 Å². The minimum absolute atomic E-state index is 0.113. The van der Waals surface area contributed by atoms with E-state index in [9.17, 15) is 9.59 Å². The number of amides is 1. The van der Waals surface area contributed by atoms with Crippen LogP contribution in [0.15, 0.2) is 0 Å². The molecule has 0 aliphatic carbocycles. The summed E-state index contributed by atoms with van der Waals surface area (Å²) in [6.07, 6.45) is 5.39. The Balaban J connectivity index is 0. The number of rotatable bonds is 18. The fraction of sp³-hybridized carbons (Fsp3) is 0.926. The van der Waals surface area contributed by atoms with Gasteiger partial charge < -0.3 is 30.6 Å². The summed E-state index contributed by atoms with van der Waals surface area (Å²) in [6, 6.07) is 0. The van der Waals surface area contributed by atoms with Gasteiger partial charge in [0.15, 0.2) is 0 Å². The quantitative estimate of drug-likeness (QED) is 0.228. The summed E-state index contributed by atoms with van der Waals surface area (Å²) in [7, 11) is 1.95. The molecule has 0 aliphatic rings. The molecule has 7 nitrogen and oxygen atoms in total. The van der Waals surface area contributed by atoms with Crippen molar-refractivity contribution in [3.63, 3.8) is 0 Å². The number of carbonyl (C=O) groups is 2. The van der Waals surface area contributed by atoms with Gasteiger partial charge in [0.2, 0.25) is 5.91 Å². The second-order valence-electron chi connectivity index (χ2n) is 12.0. The topological polar surface area (TPSA) is 103 Å². The van der Waals surface area contributed by atoms with Crippen LogP contribution in [0, 0.1) is 5.41 Å². The SMILES string of the molecule is CC(CCC=O)OCCC(C)(C)N.CNCCC(C)OCCC(C)(C)NC(=O)CSCC(C)(C)C. The molecule has 0 saturated heterocycles. The molecule has 4 N–H and O–H groups in total. The van der Waals surface area contributed by atoms with E-state index < -0.39 is 0 Å². The Kier molecular flexibility index (Phi) is 20.3. The molecule has 1 amide bonds. The third-order valence-corrected chi connectivity index (χ3v) is 6.55. The maximum atomic E-state index is 12.0. The first-order valence-corrected chi connectivity index (χ1v) is 14.2. The summed E-state index contributed by atoms with van der Waals surface area (Å²) in [5.74, 6) is 1.63. The van der Waals surface area contributed by atoms with Crippen molar-refractivity contribution in [2.75, 3.05) is 38.3 Å². The molecule has 0 rings (SSSR count). The molecule has 0 radical (unpaired) electrons. The van der Waals surface area contributed by atoms with Gasteiger partial charge in [-0.25, -0.2) is 0 Å². The molecule has 0 aromatic carbocycles. The highest BCUT2D eigenvalue weighted by Crippen LogP contribution is 2.20. The molecule has 210 valence electrons. The third kappa shape index (κ3) is 29.5. The van der Waals surface area contributed by atoms with E-state index in [0.29, 0.717) is 25.4 Å². The van der Waals surface area contributed by atoms with Gasteiger partial charge in [-0.3, -0.25) is 4.79 Å². The second-order valence-corrected chi connectivity index (χ2v) is 13.0. The number of hydrogen-bond acceptors (Lipinski definition) is 7. The molecule has 0 bridgehead atoms. The van der Waals surface area contributed by atoms with Gasteiger partial charge in [0.05, 0.1) is 18.0 Å². The monoisotopic (exact) mass is 519 g/mol. The van der Waals surface area contributed by atoms with Crippen LogP contribution in [0.25, 0.3) is 0 Å². The fourth-order valence-corrected chi connectivity index (χ4v) is 3.75. The Morgan fingerprint density at radius 3 is 2.00 bits per heavy atom. The minimum atomic E-state index is -0.220. The van der Waals surface area contributed by atoms with Crippen LogP contribution in [0.4, 0.5) is 0 Å². The molecule has 0 heterocycles. The van der Waals surface area contributed by atoms with Crippen LogP contribution in [0.3, 0.4) is 0 Å². The summed E-state index contributed by atoms with van der Waals surface area (Å²) < 4.78 is 11.3. The lowest BCUT2D eigenvalue weighted by Crippen LogP contribution is -2.45. The Bertz CT molecular complexity index is 546. The van der Waals surface area contributed by atoms with Crippen molar-refractivity contribution in [2.24, 2.45) is 11.1 Å². The highest BCUT2D eigenvalue weighted by molar-refractivity contribution is 7.99. The molecular weight excluding hydrogens is 462 g/mol. The van der Waals surface area contributed by atoms with E-state index in [4.69, 9.17) is 15.2 Å². The van der Waals surface area contributed by atoms with Gasteiger partial charge in [-0.15, -0.1) is 0 Å². The van der Waals surface area contributed by atoms with E-state index >= 15 is 0 Å². The zero-order valence-corrected chi connectivity index (χ0v) is 25.2. The van der Waals surface area contributed by atoms with Crippen LogP contribution in [-0.4, -0.2) is 73.8 Å². The van der Waals surface area contributed by atoms with Crippen LogP contribution in [0.2, 0.25) is 0 Å². The Labute approximate surface area is 220 Å². The molecule has 0 fully saturated rings. The van der Waals surface area contributed by atoms with Crippen molar-refractivity contribution in [3.05, 3.63) is 0 Å². The average molecular weight is 520 g/mol. The molecule has 2 atom stereocenters. The molecule has 0 spiro atoms. The minimum Gasteiger partial charge on any atom is -0.378 e. The highest BCUT2D eigenvalue weighted by Gasteiger charge is 2.21. The molecule has 0 aromatic rings. The predicted molar refractivity (Wildman–Crippen MR) is 151 cm³/mol. The maximum absolute atomic E-state index is 12.0. The number of ether oxygens (including phenoxy) is 2. The molecular formula is C27H57N3O4S. The normalized spacial score (nSPS) is 14.0. The van der Waals surface area contributed by atoms with Gasteiger partial charge in [-0.1, -0.05) is 20.8 Å².